The standard InChI is InChI=1S/C35H37N5O3S/c1-25-13-15-30(16-14-25)44(42,43)40-18-17-32-35(40)36-21-34(37-32)38-33(24-41)31-20-29(19-26(31)2)39(22-27-9-5-3-6-10-27)23-28-11-7-4-8-12-28/h3-18,21,24,26,29,31,33H,19-20,22-23H2,1-2H3,(H,37,38). The fourth-order valence-electron chi connectivity index (χ4n) is 6.38. The van der Waals surface area contributed by atoms with Crippen molar-refractivity contribution in [3.05, 3.63) is 120 Å². The zero-order valence-corrected chi connectivity index (χ0v) is 25.8. The van der Waals surface area contributed by atoms with Crippen LogP contribution in [0, 0.1) is 18.8 Å². The van der Waals surface area contributed by atoms with Crippen LogP contribution in [0.4, 0.5) is 5.82 Å². The molecule has 3 aromatic carbocycles. The number of benzene rings is 3. The van der Waals surface area contributed by atoms with Gasteiger partial charge in [-0.05, 0) is 60.9 Å². The van der Waals surface area contributed by atoms with Gasteiger partial charge in [0.15, 0.2) is 5.65 Å². The lowest BCUT2D eigenvalue weighted by Gasteiger charge is -2.30. The zero-order chi connectivity index (χ0) is 30.7. The van der Waals surface area contributed by atoms with Crippen molar-refractivity contribution in [2.24, 2.45) is 11.8 Å². The van der Waals surface area contributed by atoms with E-state index < -0.39 is 16.1 Å². The Morgan fingerprint density at radius 2 is 1.57 bits per heavy atom. The topological polar surface area (TPSA) is 97.2 Å². The van der Waals surface area contributed by atoms with Crippen LogP contribution >= 0.6 is 0 Å². The number of anilines is 1. The van der Waals surface area contributed by atoms with Crippen molar-refractivity contribution in [1.29, 1.82) is 0 Å². The van der Waals surface area contributed by atoms with Crippen LogP contribution in [0.5, 0.6) is 0 Å². The second kappa shape index (κ2) is 12.7. The summed E-state index contributed by atoms with van der Waals surface area (Å²) in [5.74, 6) is 0.867. The Morgan fingerprint density at radius 1 is 0.932 bits per heavy atom. The van der Waals surface area contributed by atoms with Crippen LogP contribution in [0.1, 0.15) is 36.5 Å². The van der Waals surface area contributed by atoms with Crippen LogP contribution < -0.4 is 5.32 Å². The molecule has 1 N–H and O–H groups in total. The summed E-state index contributed by atoms with van der Waals surface area (Å²) in [4.78, 5) is 24.3. The van der Waals surface area contributed by atoms with Gasteiger partial charge in [-0.1, -0.05) is 85.3 Å². The number of nitrogens with zero attached hydrogens (tertiary/aromatic N) is 4. The number of fused-ring (bicyclic) bond motifs is 1. The van der Waals surface area contributed by atoms with E-state index in [2.05, 4.69) is 75.6 Å². The molecule has 6 rings (SSSR count). The summed E-state index contributed by atoms with van der Waals surface area (Å²) < 4.78 is 27.7. The molecule has 2 heterocycles. The molecule has 0 aliphatic heterocycles. The normalized spacial score (nSPS) is 19.3. The van der Waals surface area contributed by atoms with Gasteiger partial charge in [-0.25, -0.2) is 22.4 Å². The van der Waals surface area contributed by atoms with Crippen LogP contribution in [0.3, 0.4) is 0 Å². The first kappa shape index (κ1) is 29.7. The minimum Gasteiger partial charge on any atom is -0.359 e. The van der Waals surface area contributed by atoms with E-state index in [1.165, 1.54) is 23.5 Å². The molecule has 226 valence electrons. The second-order valence-electron chi connectivity index (χ2n) is 11.8. The summed E-state index contributed by atoms with van der Waals surface area (Å²) >= 11 is 0. The highest BCUT2D eigenvalue weighted by atomic mass is 32.2. The number of hydrogen-bond donors (Lipinski definition) is 1. The van der Waals surface area contributed by atoms with Crippen LogP contribution in [-0.2, 0) is 27.9 Å². The molecule has 0 saturated heterocycles. The van der Waals surface area contributed by atoms with Crippen LogP contribution in [-0.4, -0.2) is 45.6 Å². The summed E-state index contributed by atoms with van der Waals surface area (Å²) in [5.41, 5.74) is 4.19. The van der Waals surface area contributed by atoms with Crippen LogP contribution in [0.25, 0.3) is 11.2 Å². The third-order valence-electron chi connectivity index (χ3n) is 8.75. The Hall–Kier alpha value is -4.34. The maximum Gasteiger partial charge on any atom is 0.269 e. The largest absolute Gasteiger partial charge is 0.359 e. The number of rotatable bonds is 11. The van der Waals surface area contributed by atoms with E-state index in [1.54, 1.807) is 30.3 Å². The first-order chi connectivity index (χ1) is 21.3. The minimum atomic E-state index is -3.83. The van der Waals surface area contributed by atoms with E-state index in [-0.39, 0.29) is 16.5 Å². The van der Waals surface area contributed by atoms with Crippen LogP contribution in [0.2, 0.25) is 0 Å². The Morgan fingerprint density at radius 3 is 2.18 bits per heavy atom. The number of aldehydes is 1. The maximum atomic E-state index is 13.3. The van der Waals surface area contributed by atoms with Crippen molar-refractivity contribution in [2.75, 3.05) is 5.32 Å². The molecule has 0 spiro atoms. The summed E-state index contributed by atoms with van der Waals surface area (Å²) in [6, 6.07) is 29.2. The number of aryl methyl sites for hydroxylation is 1. The number of carbonyl (C=O) groups excluding carboxylic acids is 1. The molecule has 44 heavy (non-hydrogen) atoms. The van der Waals surface area contributed by atoms with Gasteiger partial charge in [-0.2, -0.15) is 0 Å². The van der Waals surface area contributed by atoms with Gasteiger partial charge in [-0.15, -0.1) is 0 Å². The fourth-order valence-corrected chi connectivity index (χ4v) is 7.68. The highest BCUT2D eigenvalue weighted by Gasteiger charge is 2.39. The number of nitrogens with one attached hydrogen (secondary N) is 1. The predicted octanol–water partition coefficient (Wildman–Crippen LogP) is 6.07. The van der Waals surface area contributed by atoms with Gasteiger partial charge in [0.25, 0.3) is 10.0 Å². The summed E-state index contributed by atoms with van der Waals surface area (Å²) in [6.07, 6.45) is 5.81. The van der Waals surface area contributed by atoms with E-state index >= 15 is 0 Å². The SMILES string of the molecule is Cc1ccc(S(=O)(=O)n2ccc3nc(NC(C=O)C4CC(N(Cc5ccccc5)Cc5ccccc5)CC4C)cnc32)cc1. The van der Waals surface area contributed by atoms with E-state index in [0.717, 1.165) is 41.8 Å². The summed E-state index contributed by atoms with van der Waals surface area (Å²) in [5, 5.41) is 3.32. The molecular weight excluding hydrogens is 570 g/mol. The Labute approximate surface area is 258 Å². The first-order valence-electron chi connectivity index (χ1n) is 15.0. The van der Waals surface area contributed by atoms with Crippen molar-refractivity contribution < 1.29 is 13.2 Å². The third-order valence-corrected chi connectivity index (χ3v) is 10.4. The van der Waals surface area contributed by atoms with Crippen molar-refractivity contribution in [3.8, 4) is 0 Å². The molecule has 1 fully saturated rings. The molecule has 9 heteroatoms. The van der Waals surface area contributed by atoms with Gasteiger partial charge in [0, 0.05) is 25.3 Å². The van der Waals surface area contributed by atoms with Gasteiger partial charge in [0.2, 0.25) is 0 Å². The number of hydrogen-bond acceptors (Lipinski definition) is 7. The molecule has 0 bridgehead atoms. The maximum absolute atomic E-state index is 13.3. The summed E-state index contributed by atoms with van der Waals surface area (Å²) in [7, 11) is -3.83. The van der Waals surface area contributed by atoms with Gasteiger partial charge < -0.3 is 10.1 Å². The third kappa shape index (κ3) is 6.30. The second-order valence-corrected chi connectivity index (χ2v) is 13.7. The fraction of sp³-hybridized carbons (Fsp3) is 0.286. The predicted molar refractivity (Wildman–Crippen MR) is 173 cm³/mol. The molecular formula is C35H37N5O3S. The minimum absolute atomic E-state index is 0.107. The highest BCUT2D eigenvalue weighted by molar-refractivity contribution is 7.90. The van der Waals surface area contributed by atoms with E-state index in [1.807, 2.05) is 19.1 Å². The van der Waals surface area contributed by atoms with Gasteiger partial charge in [-0.3, -0.25) is 4.90 Å². The van der Waals surface area contributed by atoms with Gasteiger partial charge >= 0.3 is 0 Å². The molecule has 8 nitrogen and oxygen atoms in total. The Bertz CT molecular complexity index is 1780. The average Bonchev–Trinajstić information content (AvgIpc) is 3.64. The molecule has 0 radical (unpaired) electrons. The first-order valence-corrected chi connectivity index (χ1v) is 16.5. The monoisotopic (exact) mass is 607 g/mol. The molecule has 4 atom stereocenters. The summed E-state index contributed by atoms with van der Waals surface area (Å²) in [6.45, 7) is 5.80. The van der Waals surface area contributed by atoms with Crippen LogP contribution in [0.15, 0.2) is 108 Å². The molecule has 1 aliphatic carbocycles. The lowest BCUT2D eigenvalue weighted by Crippen LogP contribution is -2.35. The van der Waals surface area contributed by atoms with Gasteiger partial charge in [0.05, 0.1) is 17.1 Å². The lowest BCUT2D eigenvalue weighted by molar-refractivity contribution is -0.109. The average molecular weight is 608 g/mol. The Kier molecular flexibility index (Phi) is 8.59. The number of aromatic nitrogens is 3. The van der Waals surface area contributed by atoms with E-state index in [4.69, 9.17) is 0 Å². The Balaban J connectivity index is 1.19. The molecule has 1 aliphatic rings. The smallest absolute Gasteiger partial charge is 0.269 e. The van der Waals surface area contributed by atoms with E-state index in [0.29, 0.717) is 23.3 Å². The lowest BCUT2D eigenvalue weighted by atomic mass is 9.91. The van der Waals surface area contributed by atoms with E-state index in [9.17, 15) is 13.2 Å². The van der Waals surface area contributed by atoms with Crippen molar-refractivity contribution in [3.63, 3.8) is 0 Å². The molecule has 0 amide bonds. The molecule has 2 aromatic heterocycles. The quantitative estimate of drug-likeness (QED) is 0.182. The highest BCUT2D eigenvalue weighted by Crippen LogP contribution is 2.38. The van der Waals surface area contributed by atoms with Crippen molar-refractivity contribution in [1.82, 2.24) is 18.8 Å². The number of carbonyl (C=O) groups is 1. The zero-order valence-electron chi connectivity index (χ0n) is 25.0. The van der Waals surface area contributed by atoms with Crippen molar-refractivity contribution >= 4 is 33.3 Å². The van der Waals surface area contributed by atoms with Gasteiger partial charge in [0.1, 0.15) is 17.6 Å². The van der Waals surface area contributed by atoms with Crippen molar-refractivity contribution in [2.45, 2.75) is 56.8 Å². The molecule has 5 aromatic rings. The molecule has 1 saturated carbocycles. The molecule has 4 unspecified atom stereocenters.